The lowest BCUT2D eigenvalue weighted by Crippen LogP contribution is -2.06. The van der Waals surface area contributed by atoms with Gasteiger partial charge in [0, 0.05) is 17.8 Å². The van der Waals surface area contributed by atoms with E-state index in [0.29, 0.717) is 25.3 Å². The minimum atomic E-state index is -0.306. The largest absolute Gasteiger partial charge is 0.489 e. The Morgan fingerprint density at radius 3 is 2.41 bits per heavy atom. The van der Waals surface area contributed by atoms with E-state index < -0.39 is 0 Å². The molecule has 0 bridgehead atoms. The molecule has 0 amide bonds. The van der Waals surface area contributed by atoms with Gasteiger partial charge in [-0.05, 0) is 66.1 Å². The van der Waals surface area contributed by atoms with Crippen LogP contribution in [0.2, 0.25) is 0 Å². The monoisotopic (exact) mass is 425 g/mol. The number of hydrogen-bond donors (Lipinski definition) is 1. The summed E-state index contributed by atoms with van der Waals surface area (Å²) in [5.41, 5.74) is 4.97. The van der Waals surface area contributed by atoms with Gasteiger partial charge >= 0.3 is 5.97 Å². The zero-order valence-corrected chi connectivity index (χ0v) is 18.4. The first kappa shape index (κ1) is 21.4. The van der Waals surface area contributed by atoms with Crippen LogP contribution in [0.4, 0.5) is 5.69 Å². The van der Waals surface area contributed by atoms with E-state index in [9.17, 15) is 4.79 Å². The number of anilines is 1. The third kappa shape index (κ3) is 4.92. The second-order valence-corrected chi connectivity index (χ2v) is 7.63. The predicted octanol–water partition coefficient (Wildman–Crippen LogP) is 6.52. The van der Waals surface area contributed by atoms with E-state index in [1.165, 1.54) is 16.5 Å². The fourth-order valence-electron chi connectivity index (χ4n) is 3.69. The Kier molecular flexibility index (Phi) is 6.71. The number of aryl methyl sites for hydroxylation is 1. The number of benzene rings is 4. The third-order valence-corrected chi connectivity index (χ3v) is 5.51. The van der Waals surface area contributed by atoms with Crippen molar-refractivity contribution in [2.75, 3.05) is 11.9 Å². The summed E-state index contributed by atoms with van der Waals surface area (Å²) in [6.07, 6.45) is 0. The number of ether oxygens (including phenoxy) is 2. The molecule has 4 nitrogen and oxygen atoms in total. The van der Waals surface area contributed by atoms with E-state index in [1.807, 2.05) is 42.5 Å². The van der Waals surface area contributed by atoms with E-state index in [2.05, 4.69) is 42.6 Å². The Hall–Kier alpha value is -3.79. The van der Waals surface area contributed by atoms with Gasteiger partial charge in [-0.25, -0.2) is 4.79 Å². The zero-order valence-electron chi connectivity index (χ0n) is 18.4. The molecule has 0 saturated heterocycles. The Morgan fingerprint density at radius 1 is 0.875 bits per heavy atom. The van der Waals surface area contributed by atoms with Crippen LogP contribution in [-0.2, 0) is 17.9 Å². The summed E-state index contributed by atoms with van der Waals surface area (Å²) in [7, 11) is 0. The molecule has 0 aliphatic rings. The quantitative estimate of drug-likeness (QED) is 0.327. The number of esters is 1. The van der Waals surface area contributed by atoms with Crippen molar-refractivity contribution in [3.05, 3.63) is 107 Å². The number of hydrogen-bond acceptors (Lipinski definition) is 4. The van der Waals surface area contributed by atoms with Gasteiger partial charge in [0.1, 0.15) is 12.4 Å². The maximum absolute atomic E-state index is 11.9. The Balaban J connectivity index is 1.55. The van der Waals surface area contributed by atoms with Gasteiger partial charge in [-0.2, -0.15) is 0 Å². The highest BCUT2D eigenvalue weighted by Crippen LogP contribution is 2.30. The molecule has 0 unspecified atom stereocenters. The molecule has 0 heterocycles. The Bertz CT molecular complexity index is 1220. The molecule has 0 aliphatic carbocycles. The second kappa shape index (κ2) is 10.0. The molecule has 0 radical (unpaired) electrons. The van der Waals surface area contributed by atoms with Crippen LogP contribution in [-0.4, -0.2) is 12.6 Å². The number of rotatable bonds is 8. The van der Waals surface area contributed by atoms with Gasteiger partial charge in [-0.1, -0.05) is 54.6 Å². The molecule has 4 aromatic rings. The topological polar surface area (TPSA) is 47.6 Å². The normalized spacial score (nSPS) is 10.7. The summed E-state index contributed by atoms with van der Waals surface area (Å²) in [5.74, 6) is 0.558. The van der Waals surface area contributed by atoms with Crippen LogP contribution >= 0.6 is 0 Å². The first-order valence-corrected chi connectivity index (χ1v) is 10.8. The molecule has 4 aromatic carbocycles. The highest BCUT2D eigenvalue weighted by Gasteiger charge is 2.11. The molecule has 4 rings (SSSR count). The Labute approximate surface area is 188 Å². The second-order valence-electron chi connectivity index (χ2n) is 7.63. The van der Waals surface area contributed by atoms with Gasteiger partial charge < -0.3 is 14.8 Å². The van der Waals surface area contributed by atoms with Crippen molar-refractivity contribution in [2.45, 2.75) is 27.0 Å². The van der Waals surface area contributed by atoms with Crippen molar-refractivity contribution >= 4 is 22.4 Å². The van der Waals surface area contributed by atoms with Gasteiger partial charge in [-0.3, -0.25) is 0 Å². The molecule has 32 heavy (non-hydrogen) atoms. The van der Waals surface area contributed by atoms with Gasteiger partial charge in [0.25, 0.3) is 0 Å². The smallest absolute Gasteiger partial charge is 0.338 e. The molecule has 0 saturated carbocycles. The van der Waals surface area contributed by atoms with Crippen LogP contribution < -0.4 is 10.1 Å². The fraction of sp³-hybridized carbons (Fsp3) is 0.179. The highest BCUT2D eigenvalue weighted by molar-refractivity contribution is 5.90. The number of nitrogens with one attached hydrogen (secondary N) is 1. The first-order chi connectivity index (χ1) is 15.7. The average Bonchev–Trinajstić information content (AvgIpc) is 2.83. The summed E-state index contributed by atoms with van der Waals surface area (Å²) in [5, 5.41) is 5.80. The maximum atomic E-state index is 11.9. The summed E-state index contributed by atoms with van der Waals surface area (Å²) in [6.45, 7) is 5.39. The van der Waals surface area contributed by atoms with Gasteiger partial charge in [0.2, 0.25) is 0 Å². The molecule has 0 aliphatic heterocycles. The van der Waals surface area contributed by atoms with Gasteiger partial charge in [-0.15, -0.1) is 0 Å². The highest BCUT2D eigenvalue weighted by atomic mass is 16.5. The maximum Gasteiger partial charge on any atom is 0.338 e. The first-order valence-electron chi connectivity index (χ1n) is 10.8. The average molecular weight is 426 g/mol. The van der Waals surface area contributed by atoms with E-state index in [0.717, 1.165) is 22.4 Å². The summed E-state index contributed by atoms with van der Waals surface area (Å²) < 4.78 is 11.3. The van der Waals surface area contributed by atoms with Crippen molar-refractivity contribution in [1.29, 1.82) is 0 Å². The zero-order chi connectivity index (χ0) is 22.3. The molecule has 0 aromatic heterocycles. The lowest BCUT2D eigenvalue weighted by atomic mass is 10.0. The number of fused-ring (bicyclic) bond motifs is 1. The van der Waals surface area contributed by atoms with E-state index in [-0.39, 0.29) is 5.97 Å². The molecule has 0 spiro atoms. The summed E-state index contributed by atoms with van der Waals surface area (Å²) >= 11 is 0. The van der Waals surface area contributed by atoms with Gasteiger partial charge in [0.05, 0.1) is 12.2 Å². The third-order valence-electron chi connectivity index (χ3n) is 5.51. The van der Waals surface area contributed by atoms with Crippen molar-refractivity contribution < 1.29 is 14.3 Å². The van der Waals surface area contributed by atoms with Gasteiger partial charge in [0.15, 0.2) is 0 Å². The predicted molar refractivity (Wildman–Crippen MR) is 129 cm³/mol. The molecule has 4 heteroatoms. The standard InChI is InChI=1S/C28H27NO3/c1-3-31-28(30)22-12-15-24(16-13-22)29-18-26-25-11-7-6-9-21(25)14-17-27(26)32-19-23-10-5-4-8-20(23)2/h4-17,29H,3,18-19H2,1-2H3. The summed E-state index contributed by atoms with van der Waals surface area (Å²) in [4.78, 5) is 11.9. The molecular weight excluding hydrogens is 398 g/mol. The van der Waals surface area contributed by atoms with E-state index in [4.69, 9.17) is 9.47 Å². The van der Waals surface area contributed by atoms with Crippen LogP contribution in [0.25, 0.3) is 10.8 Å². The molecule has 0 atom stereocenters. The fourth-order valence-corrected chi connectivity index (χ4v) is 3.69. The van der Waals surface area contributed by atoms with Crippen molar-refractivity contribution in [1.82, 2.24) is 0 Å². The van der Waals surface area contributed by atoms with Crippen LogP contribution in [0.5, 0.6) is 5.75 Å². The Morgan fingerprint density at radius 2 is 1.62 bits per heavy atom. The molecule has 162 valence electrons. The van der Waals surface area contributed by atoms with E-state index >= 15 is 0 Å². The van der Waals surface area contributed by atoms with E-state index in [1.54, 1.807) is 19.1 Å². The minimum Gasteiger partial charge on any atom is -0.489 e. The van der Waals surface area contributed by atoms with Crippen LogP contribution in [0.3, 0.4) is 0 Å². The van der Waals surface area contributed by atoms with Crippen LogP contribution in [0.15, 0.2) is 84.9 Å². The molecular formula is C28H27NO3. The van der Waals surface area contributed by atoms with Crippen molar-refractivity contribution in [2.24, 2.45) is 0 Å². The van der Waals surface area contributed by atoms with Crippen LogP contribution in [0, 0.1) is 6.92 Å². The molecule has 1 N–H and O–H groups in total. The lowest BCUT2D eigenvalue weighted by molar-refractivity contribution is 0.0526. The summed E-state index contributed by atoms with van der Waals surface area (Å²) in [6, 6.07) is 28.1. The minimum absolute atomic E-state index is 0.306. The lowest BCUT2D eigenvalue weighted by Gasteiger charge is -2.16. The van der Waals surface area contributed by atoms with Crippen molar-refractivity contribution in [3.63, 3.8) is 0 Å². The number of carbonyl (C=O) groups excluding carboxylic acids is 1. The number of carbonyl (C=O) groups is 1. The molecule has 0 fully saturated rings. The van der Waals surface area contributed by atoms with Crippen molar-refractivity contribution in [3.8, 4) is 5.75 Å². The SMILES string of the molecule is CCOC(=O)c1ccc(NCc2c(OCc3ccccc3C)ccc3ccccc23)cc1. The van der Waals surface area contributed by atoms with Crippen LogP contribution in [0.1, 0.15) is 34.0 Å².